The van der Waals surface area contributed by atoms with Gasteiger partial charge in [-0.15, -0.1) is 0 Å². The third kappa shape index (κ3) is 3.69. The van der Waals surface area contributed by atoms with Crippen LogP contribution in [0.2, 0.25) is 0 Å². The molecule has 1 aliphatic carbocycles. The van der Waals surface area contributed by atoms with E-state index in [1.165, 1.54) is 5.56 Å². The van der Waals surface area contributed by atoms with Crippen molar-refractivity contribution in [3.8, 4) is 5.75 Å². The number of hydrogen-bond acceptors (Lipinski definition) is 4. The number of nitrogens with two attached hydrogens (primary N) is 1. The van der Waals surface area contributed by atoms with Crippen LogP contribution >= 0.6 is 15.9 Å². The molecule has 0 bridgehead atoms. The van der Waals surface area contributed by atoms with Crippen LogP contribution in [0.25, 0.3) is 0 Å². The van der Waals surface area contributed by atoms with Gasteiger partial charge in [0.15, 0.2) is 0 Å². The number of benzene rings is 1. The molecule has 4 nitrogen and oxygen atoms in total. The molecule has 2 N–H and O–H groups in total. The zero-order valence-corrected chi connectivity index (χ0v) is 12.9. The van der Waals surface area contributed by atoms with Crippen LogP contribution in [0.5, 0.6) is 5.75 Å². The highest BCUT2D eigenvalue weighted by Gasteiger charge is 2.41. The van der Waals surface area contributed by atoms with Crippen molar-refractivity contribution in [1.82, 2.24) is 0 Å². The van der Waals surface area contributed by atoms with E-state index in [0.717, 1.165) is 16.6 Å². The first-order valence-electron chi connectivity index (χ1n) is 6.40. The van der Waals surface area contributed by atoms with Gasteiger partial charge in [0, 0.05) is 19.6 Å². The van der Waals surface area contributed by atoms with E-state index < -0.39 is 0 Å². The third-order valence-corrected chi connectivity index (χ3v) is 3.88. The van der Waals surface area contributed by atoms with Crippen molar-refractivity contribution in [3.63, 3.8) is 0 Å². The highest BCUT2D eigenvalue weighted by Crippen LogP contribution is 2.32. The van der Waals surface area contributed by atoms with E-state index >= 15 is 0 Å². The highest BCUT2D eigenvalue weighted by molar-refractivity contribution is 9.10. The Bertz CT molecular complexity index is 427. The van der Waals surface area contributed by atoms with Gasteiger partial charge in [-0.1, -0.05) is 6.07 Å². The lowest BCUT2D eigenvalue weighted by Gasteiger charge is -2.41. The molecule has 0 saturated heterocycles. The summed E-state index contributed by atoms with van der Waals surface area (Å²) < 4.78 is 17.6. The molecule has 1 aromatic carbocycles. The van der Waals surface area contributed by atoms with E-state index in [2.05, 4.69) is 15.9 Å². The van der Waals surface area contributed by atoms with Crippen LogP contribution in [0.1, 0.15) is 12.0 Å². The van der Waals surface area contributed by atoms with Crippen LogP contribution in [-0.2, 0) is 9.47 Å². The predicted octanol–water partition coefficient (Wildman–Crippen LogP) is 2.27. The van der Waals surface area contributed by atoms with E-state index in [4.69, 9.17) is 19.9 Å². The zero-order chi connectivity index (χ0) is 13.8. The lowest BCUT2D eigenvalue weighted by molar-refractivity contribution is -0.107. The van der Waals surface area contributed by atoms with Crippen LogP contribution < -0.4 is 10.5 Å². The van der Waals surface area contributed by atoms with E-state index in [1.807, 2.05) is 25.1 Å². The normalized spacial score (nSPS) is 26.0. The molecule has 0 spiro atoms. The highest BCUT2D eigenvalue weighted by atomic mass is 79.9. The van der Waals surface area contributed by atoms with Crippen molar-refractivity contribution in [2.75, 3.05) is 20.3 Å². The Kier molecular flexibility index (Phi) is 5.21. The first-order chi connectivity index (χ1) is 9.11. The van der Waals surface area contributed by atoms with Crippen molar-refractivity contribution in [3.05, 3.63) is 28.2 Å². The summed E-state index contributed by atoms with van der Waals surface area (Å²) in [6.45, 7) is 3.17. The number of methoxy groups -OCH3 is 1. The van der Waals surface area contributed by atoms with Gasteiger partial charge in [-0.05, 0) is 40.5 Å². The Morgan fingerprint density at radius 1 is 1.37 bits per heavy atom. The van der Waals surface area contributed by atoms with Gasteiger partial charge in [0.1, 0.15) is 18.0 Å². The fourth-order valence-electron chi connectivity index (χ4n) is 2.09. The van der Waals surface area contributed by atoms with Crippen molar-refractivity contribution in [1.29, 1.82) is 0 Å². The molecule has 1 saturated carbocycles. The standard InChI is InChI=1S/C14H20BrNO3/c1-9-3-4-12(10(15)7-9)19-13-8-11(16)14(13)18-6-5-17-2/h3-4,7,11,13-14H,5-6,8,16H2,1-2H3. The lowest BCUT2D eigenvalue weighted by atomic mass is 9.86. The summed E-state index contributed by atoms with van der Waals surface area (Å²) in [6.07, 6.45) is 0.784. The Morgan fingerprint density at radius 3 is 2.79 bits per heavy atom. The van der Waals surface area contributed by atoms with Crippen molar-refractivity contribution < 1.29 is 14.2 Å². The van der Waals surface area contributed by atoms with Crippen molar-refractivity contribution in [2.45, 2.75) is 31.6 Å². The van der Waals surface area contributed by atoms with E-state index in [0.29, 0.717) is 13.2 Å². The van der Waals surface area contributed by atoms with Crippen LogP contribution in [0.4, 0.5) is 0 Å². The van der Waals surface area contributed by atoms with Gasteiger partial charge >= 0.3 is 0 Å². The molecule has 3 atom stereocenters. The third-order valence-electron chi connectivity index (χ3n) is 3.26. The van der Waals surface area contributed by atoms with Gasteiger partial charge in [-0.3, -0.25) is 0 Å². The fraction of sp³-hybridized carbons (Fsp3) is 0.571. The van der Waals surface area contributed by atoms with Gasteiger partial charge in [-0.25, -0.2) is 0 Å². The molecule has 0 aliphatic heterocycles. The molecule has 1 aliphatic rings. The molecule has 0 amide bonds. The fourth-order valence-corrected chi connectivity index (χ4v) is 2.68. The maximum absolute atomic E-state index is 5.96. The minimum atomic E-state index is -0.0525. The second-order valence-electron chi connectivity index (χ2n) is 4.82. The first kappa shape index (κ1) is 14.8. The largest absolute Gasteiger partial charge is 0.486 e. The number of ether oxygens (including phenoxy) is 3. The minimum Gasteiger partial charge on any atom is -0.486 e. The Morgan fingerprint density at radius 2 is 2.16 bits per heavy atom. The number of hydrogen-bond donors (Lipinski definition) is 1. The molecule has 3 unspecified atom stereocenters. The summed E-state index contributed by atoms with van der Waals surface area (Å²) in [4.78, 5) is 0. The Balaban J connectivity index is 1.91. The monoisotopic (exact) mass is 329 g/mol. The molecule has 2 rings (SSSR count). The van der Waals surface area contributed by atoms with Crippen LogP contribution in [0.15, 0.2) is 22.7 Å². The molecule has 1 fully saturated rings. The van der Waals surface area contributed by atoms with E-state index in [1.54, 1.807) is 7.11 Å². The predicted molar refractivity (Wildman–Crippen MR) is 77.5 cm³/mol. The van der Waals surface area contributed by atoms with Gasteiger partial charge in [0.05, 0.1) is 17.7 Å². The maximum atomic E-state index is 5.96. The molecule has 0 radical (unpaired) electrons. The Labute approximate surface area is 122 Å². The van der Waals surface area contributed by atoms with Crippen LogP contribution in [0, 0.1) is 6.92 Å². The van der Waals surface area contributed by atoms with Gasteiger partial charge in [-0.2, -0.15) is 0 Å². The zero-order valence-electron chi connectivity index (χ0n) is 11.3. The SMILES string of the molecule is COCCOC1C(N)CC1Oc1ccc(C)cc1Br. The number of rotatable bonds is 6. The average Bonchev–Trinajstić information content (AvgIpc) is 2.37. The minimum absolute atomic E-state index is 0.0193. The first-order valence-corrected chi connectivity index (χ1v) is 7.20. The van der Waals surface area contributed by atoms with Crippen molar-refractivity contribution in [2.24, 2.45) is 5.73 Å². The van der Waals surface area contributed by atoms with Crippen LogP contribution in [0.3, 0.4) is 0 Å². The molecule has 1 aromatic rings. The molecular weight excluding hydrogens is 310 g/mol. The van der Waals surface area contributed by atoms with Gasteiger partial charge in [0.25, 0.3) is 0 Å². The maximum Gasteiger partial charge on any atom is 0.134 e. The smallest absolute Gasteiger partial charge is 0.134 e. The summed E-state index contributed by atoms with van der Waals surface area (Å²) in [5, 5.41) is 0. The van der Waals surface area contributed by atoms with Crippen molar-refractivity contribution >= 4 is 15.9 Å². The summed E-state index contributed by atoms with van der Waals surface area (Å²) >= 11 is 3.51. The second kappa shape index (κ2) is 6.70. The summed E-state index contributed by atoms with van der Waals surface area (Å²) in [6, 6.07) is 6.08. The van der Waals surface area contributed by atoms with Gasteiger partial charge in [0.2, 0.25) is 0 Å². The number of aryl methyl sites for hydroxylation is 1. The molecule has 19 heavy (non-hydrogen) atoms. The van der Waals surface area contributed by atoms with Gasteiger partial charge < -0.3 is 19.9 Å². The average molecular weight is 330 g/mol. The second-order valence-corrected chi connectivity index (χ2v) is 5.67. The summed E-state index contributed by atoms with van der Waals surface area (Å²) in [5.41, 5.74) is 7.15. The Hall–Kier alpha value is -0.620. The topological polar surface area (TPSA) is 53.7 Å². The molecule has 106 valence electrons. The molecular formula is C14H20BrNO3. The molecule has 0 aromatic heterocycles. The molecule has 5 heteroatoms. The summed E-state index contributed by atoms with van der Waals surface area (Å²) in [5.74, 6) is 0.836. The quantitative estimate of drug-likeness (QED) is 0.813. The van der Waals surface area contributed by atoms with Crippen LogP contribution in [-0.4, -0.2) is 38.6 Å². The van der Waals surface area contributed by atoms with E-state index in [-0.39, 0.29) is 18.2 Å². The summed E-state index contributed by atoms with van der Waals surface area (Å²) in [7, 11) is 1.65. The number of halogens is 1. The lowest BCUT2D eigenvalue weighted by Crippen LogP contribution is -2.59. The molecule has 0 heterocycles. The van der Waals surface area contributed by atoms with E-state index in [9.17, 15) is 0 Å².